The van der Waals surface area contributed by atoms with Gasteiger partial charge in [-0.1, -0.05) is 0 Å². The molecule has 0 aromatic heterocycles. The summed E-state index contributed by atoms with van der Waals surface area (Å²) in [6.45, 7) is 13.9. The Labute approximate surface area is 148 Å². The van der Waals surface area contributed by atoms with E-state index in [1.807, 2.05) is 0 Å². The van der Waals surface area contributed by atoms with E-state index < -0.39 is 18.4 Å². The van der Waals surface area contributed by atoms with Gasteiger partial charge in [0.25, 0.3) is 0 Å². The molecule has 4 heteroatoms. The second-order valence-electron chi connectivity index (χ2n) is 7.05. The first-order valence-electron chi connectivity index (χ1n) is 9.14. The summed E-state index contributed by atoms with van der Waals surface area (Å²) in [6, 6.07) is 11.0. The zero-order chi connectivity index (χ0) is 17.5. The minimum absolute atomic E-state index is 0.408. The van der Waals surface area contributed by atoms with Gasteiger partial charge in [0, 0.05) is 0 Å². The first-order chi connectivity index (χ1) is 10.9. The van der Waals surface area contributed by atoms with E-state index in [0.717, 1.165) is 26.2 Å². The second kappa shape index (κ2) is 9.90. The van der Waals surface area contributed by atoms with Crippen molar-refractivity contribution in [1.82, 2.24) is 9.62 Å². The SMILES string of the molecule is CCN(CC)B(/C=[C](/c1ccccc1)[Sn]([CH3])([CH3])[CH3])N(CC)CC. The third-order valence-corrected chi connectivity index (χ3v) is 10.5. The minimum atomic E-state index is -2.22. The molecule has 1 aromatic carbocycles. The van der Waals surface area contributed by atoms with Gasteiger partial charge in [-0.3, -0.25) is 0 Å². The van der Waals surface area contributed by atoms with E-state index in [0.29, 0.717) is 6.98 Å². The second-order valence-corrected chi connectivity index (χ2v) is 21.4. The van der Waals surface area contributed by atoms with Crippen LogP contribution >= 0.6 is 0 Å². The van der Waals surface area contributed by atoms with E-state index in [4.69, 9.17) is 0 Å². The molecule has 0 saturated heterocycles. The predicted molar refractivity (Wildman–Crippen MR) is 109 cm³/mol. The molecule has 0 fully saturated rings. The molecular formula is C19H35BN2Sn. The molecule has 0 unspecified atom stereocenters. The maximum absolute atomic E-state index is 2.59. The molecule has 0 bridgehead atoms. The van der Waals surface area contributed by atoms with Crippen molar-refractivity contribution in [2.45, 2.75) is 42.5 Å². The molecule has 23 heavy (non-hydrogen) atoms. The van der Waals surface area contributed by atoms with Gasteiger partial charge in [0.15, 0.2) is 0 Å². The number of nitrogens with zero attached hydrogens (tertiary/aromatic N) is 2. The van der Waals surface area contributed by atoms with Crippen LogP contribution in [0.5, 0.6) is 0 Å². The average molecular weight is 421 g/mol. The van der Waals surface area contributed by atoms with Crippen LogP contribution in [0.2, 0.25) is 14.8 Å². The van der Waals surface area contributed by atoms with Gasteiger partial charge in [-0.25, -0.2) is 0 Å². The molecule has 0 amide bonds. The summed E-state index contributed by atoms with van der Waals surface area (Å²) in [5, 5.41) is 0. The first-order valence-corrected chi connectivity index (χ1v) is 19.1. The monoisotopic (exact) mass is 422 g/mol. The molecule has 1 rings (SSSR count). The van der Waals surface area contributed by atoms with Crippen molar-refractivity contribution in [3.05, 3.63) is 41.9 Å². The summed E-state index contributed by atoms with van der Waals surface area (Å²) in [6.07, 6.45) is 0. The Morgan fingerprint density at radius 1 is 0.870 bits per heavy atom. The topological polar surface area (TPSA) is 6.48 Å². The van der Waals surface area contributed by atoms with Crippen LogP contribution < -0.4 is 0 Å². The Morgan fingerprint density at radius 3 is 1.65 bits per heavy atom. The van der Waals surface area contributed by atoms with Crippen LogP contribution in [0.3, 0.4) is 0 Å². The summed E-state index contributed by atoms with van der Waals surface area (Å²) in [5.41, 5.74) is 1.43. The van der Waals surface area contributed by atoms with Crippen LogP contribution in [0.25, 0.3) is 3.59 Å². The van der Waals surface area contributed by atoms with Crippen molar-refractivity contribution >= 4 is 28.9 Å². The fourth-order valence-electron chi connectivity index (χ4n) is 3.18. The molecule has 0 atom stereocenters. The van der Waals surface area contributed by atoms with Crippen LogP contribution in [-0.2, 0) is 0 Å². The zero-order valence-corrected chi connectivity index (χ0v) is 19.1. The molecule has 0 spiro atoms. The molecular weight excluding hydrogens is 386 g/mol. The van der Waals surface area contributed by atoms with E-state index in [1.165, 1.54) is 5.56 Å². The van der Waals surface area contributed by atoms with Crippen LogP contribution in [-0.4, -0.2) is 61.2 Å². The van der Waals surface area contributed by atoms with Crippen molar-refractivity contribution in [1.29, 1.82) is 0 Å². The van der Waals surface area contributed by atoms with Crippen molar-refractivity contribution in [3.63, 3.8) is 0 Å². The van der Waals surface area contributed by atoms with Crippen LogP contribution in [0.4, 0.5) is 0 Å². The number of rotatable bonds is 9. The Morgan fingerprint density at radius 2 is 1.30 bits per heavy atom. The van der Waals surface area contributed by atoms with E-state index in [1.54, 1.807) is 3.59 Å². The van der Waals surface area contributed by atoms with Gasteiger partial charge < -0.3 is 0 Å². The van der Waals surface area contributed by atoms with Crippen molar-refractivity contribution < 1.29 is 0 Å². The van der Waals surface area contributed by atoms with Crippen molar-refractivity contribution in [2.24, 2.45) is 0 Å². The third-order valence-electron chi connectivity index (χ3n) is 4.58. The van der Waals surface area contributed by atoms with E-state index >= 15 is 0 Å². The summed E-state index contributed by atoms with van der Waals surface area (Å²) in [5.74, 6) is 2.59. The summed E-state index contributed by atoms with van der Waals surface area (Å²) < 4.78 is 1.64. The first kappa shape index (κ1) is 20.8. The van der Waals surface area contributed by atoms with E-state index in [-0.39, 0.29) is 0 Å². The fraction of sp³-hybridized carbons (Fsp3) is 0.579. The molecule has 0 heterocycles. The van der Waals surface area contributed by atoms with Crippen LogP contribution in [0, 0.1) is 0 Å². The average Bonchev–Trinajstić information content (AvgIpc) is 2.53. The Balaban J connectivity index is 3.37. The van der Waals surface area contributed by atoms with Gasteiger partial charge in [0.05, 0.1) is 0 Å². The summed E-state index contributed by atoms with van der Waals surface area (Å²) in [4.78, 5) is 12.7. The van der Waals surface area contributed by atoms with Crippen molar-refractivity contribution in [2.75, 3.05) is 26.2 Å². The van der Waals surface area contributed by atoms with Crippen LogP contribution in [0.1, 0.15) is 33.3 Å². The summed E-state index contributed by atoms with van der Waals surface area (Å²) in [7, 11) is 0. The number of hydrogen-bond acceptors (Lipinski definition) is 2. The van der Waals surface area contributed by atoms with E-state index in [2.05, 4.69) is 88.4 Å². The molecule has 0 aliphatic heterocycles. The molecule has 128 valence electrons. The number of hydrogen-bond donors (Lipinski definition) is 0. The zero-order valence-electron chi connectivity index (χ0n) is 16.3. The third kappa shape index (κ3) is 5.95. The van der Waals surface area contributed by atoms with Gasteiger partial charge >= 0.3 is 149 Å². The Kier molecular flexibility index (Phi) is 8.95. The number of benzene rings is 1. The molecule has 0 radical (unpaired) electrons. The van der Waals surface area contributed by atoms with Gasteiger partial charge in [-0.05, 0) is 0 Å². The van der Waals surface area contributed by atoms with Crippen molar-refractivity contribution in [3.8, 4) is 0 Å². The van der Waals surface area contributed by atoms with Gasteiger partial charge in [-0.15, -0.1) is 0 Å². The standard InChI is InChI=1S/C16H26BN2.3CH3.Sn/c1-5-18(6-2)17(19(7-3)8-4)15-14-16-12-10-9-11-13-16;;;;/h9-13,15H,5-8H2,1-4H3;3*1H3;. The molecule has 1 aromatic rings. The normalized spacial score (nSPS) is 13.0. The molecule has 0 saturated carbocycles. The Bertz CT molecular complexity index is 462. The molecule has 2 nitrogen and oxygen atoms in total. The fourth-order valence-corrected chi connectivity index (χ4v) is 7.98. The Hall–Kier alpha value is -0.256. The molecule has 0 aliphatic carbocycles. The predicted octanol–water partition coefficient (Wildman–Crippen LogP) is 4.66. The van der Waals surface area contributed by atoms with Gasteiger partial charge in [0.1, 0.15) is 0 Å². The van der Waals surface area contributed by atoms with Gasteiger partial charge in [0.2, 0.25) is 0 Å². The van der Waals surface area contributed by atoms with Crippen LogP contribution in [0.15, 0.2) is 36.3 Å². The molecule has 0 N–H and O–H groups in total. The summed E-state index contributed by atoms with van der Waals surface area (Å²) >= 11 is -2.22. The molecule has 0 aliphatic rings. The van der Waals surface area contributed by atoms with Gasteiger partial charge in [-0.2, -0.15) is 0 Å². The van der Waals surface area contributed by atoms with E-state index in [9.17, 15) is 0 Å². The quantitative estimate of drug-likeness (QED) is 0.536. The maximum atomic E-state index is 2.59.